The molecule has 5 heteroatoms. The molecule has 1 atom stereocenters. The lowest BCUT2D eigenvalue weighted by Crippen LogP contribution is -2.37. The summed E-state index contributed by atoms with van der Waals surface area (Å²) in [6, 6.07) is 11.3. The van der Waals surface area contributed by atoms with Crippen LogP contribution in [0.4, 0.5) is 5.69 Å². The van der Waals surface area contributed by atoms with Gasteiger partial charge in [-0.1, -0.05) is 17.7 Å². The third-order valence-corrected chi connectivity index (χ3v) is 4.71. The van der Waals surface area contributed by atoms with E-state index in [9.17, 15) is 4.79 Å². The van der Waals surface area contributed by atoms with Gasteiger partial charge >= 0.3 is 0 Å². The van der Waals surface area contributed by atoms with Gasteiger partial charge in [0.05, 0.1) is 17.1 Å². The van der Waals surface area contributed by atoms with E-state index in [1.54, 1.807) is 18.3 Å². The zero-order chi connectivity index (χ0) is 15.8. The van der Waals surface area contributed by atoms with Gasteiger partial charge in [0.2, 0.25) is 5.91 Å². The van der Waals surface area contributed by atoms with E-state index < -0.39 is 0 Å². The maximum atomic E-state index is 12.5. The first-order chi connectivity index (χ1) is 11.2. The van der Waals surface area contributed by atoms with Gasteiger partial charge in [-0.2, -0.15) is 5.10 Å². The summed E-state index contributed by atoms with van der Waals surface area (Å²) in [6.45, 7) is 0. The molecule has 4 rings (SSSR count). The smallest absolute Gasteiger partial charge is 0.248 e. The lowest BCUT2D eigenvalue weighted by atomic mass is 9.92. The van der Waals surface area contributed by atoms with Crippen LogP contribution in [0.1, 0.15) is 30.5 Å². The summed E-state index contributed by atoms with van der Waals surface area (Å²) in [7, 11) is 0. The summed E-state index contributed by atoms with van der Waals surface area (Å²) in [4.78, 5) is 17.1. The maximum absolute atomic E-state index is 12.5. The van der Waals surface area contributed by atoms with Gasteiger partial charge in [0, 0.05) is 23.6 Å². The molecule has 116 valence electrons. The highest BCUT2D eigenvalue weighted by Gasteiger charge is 2.33. The molecular formula is C18H16ClN3O. The molecule has 0 fully saturated rings. The standard InChI is InChI=1S/C18H16ClN3O/c19-14-6-8-15(9-7-14)22-16(23)11-13-4-1-3-12-5-2-10-20-17(12)18(13)21-22/h2,5-10,13H,1,3-4,11H2. The quantitative estimate of drug-likeness (QED) is 0.800. The SMILES string of the molecule is O=C1CC2CCCc3cccnc3C2=NN1c1ccc(Cl)cc1. The first-order valence-corrected chi connectivity index (χ1v) is 8.21. The van der Waals surface area contributed by atoms with Crippen LogP contribution in [-0.2, 0) is 11.2 Å². The average Bonchev–Trinajstić information content (AvgIpc) is 2.74. The number of pyridine rings is 1. The van der Waals surface area contributed by atoms with E-state index in [0.29, 0.717) is 11.4 Å². The lowest BCUT2D eigenvalue weighted by molar-refractivity contribution is -0.119. The van der Waals surface area contributed by atoms with Crippen LogP contribution in [-0.4, -0.2) is 16.6 Å². The number of nitrogens with zero attached hydrogens (tertiary/aromatic N) is 3. The number of rotatable bonds is 1. The van der Waals surface area contributed by atoms with Gasteiger partial charge in [-0.15, -0.1) is 0 Å². The Morgan fingerprint density at radius 3 is 2.83 bits per heavy atom. The Balaban J connectivity index is 1.81. The van der Waals surface area contributed by atoms with E-state index in [1.807, 2.05) is 18.2 Å². The summed E-state index contributed by atoms with van der Waals surface area (Å²) in [5.41, 5.74) is 3.85. The number of hydrogen-bond donors (Lipinski definition) is 0. The van der Waals surface area contributed by atoms with Crippen LogP contribution in [0.2, 0.25) is 5.02 Å². The second kappa shape index (κ2) is 5.78. The van der Waals surface area contributed by atoms with E-state index in [-0.39, 0.29) is 11.8 Å². The van der Waals surface area contributed by atoms with Crippen LogP contribution >= 0.6 is 11.6 Å². The molecular weight excluding hydrogens is 310 g/mol. The minimum absolute atomic E-state index is 0.0282. The number of carbonyl (C=O) groups excluding carboxylic acids is 1. The van der Waals surface area contributed by atoms with Crippen molar-refractivity contribution in [3.8, 4) is 0 Å². The fraction of sp³-hybridized carbons (Fsp3) is 0.278. The Morgan fingerprint density at radius 2 is 2.00 bits per heavy atom. The normalized spacial score (nSPS) is 20.4. The summed E-state index contributed by atoms with van der Waals surface area (Å²) >= 11 is 5.94. The monoisotopic (exact) mass is 325 g/mol. The Bertz CT molecular complexity index is 785. The van der Waals surface area contributed by atoms with E-state index >= 15 is 0 Å². The molecule has 0 radical (unpaired) electrons. The molecule has 2 aromatic rings. The lowest BCUT2D eigenvalue weighted by Gasteiger charge is -2.28. The number of benzene rings is 1. The second-order valence-corrected chi connectivity index (χ2v) is 6.41. The Hall–Kier alpha value is -2.20. The molecule has 4 nitrogen and oxygen atoms in total. The molecule has 0 N–H and O–H groups in total. The predicted octanol–water partition coefficient (Wildman–Crippen LogP) is 3.83. The number of halogens is 1. The summed E-state index contributed by atoms with van der Waals surface area (Å²) in [5, 5.41) is 6.82. The summed E-state index contributed by atoms with van der Waals surface area (Å²) in [6.07, 6.45) is 5.32. The zero-order valence-corrected chi connectivity index (χ0v) is 13.3. The number of fused-ring (bicyclic) bond motifs is 3. The summed E-state index contributed by atoms with van der Waals surface area (Å²) < 4.78 is 0. The van der Waals surface area contributed by atoms with Crippen LogP contribution in [0.3, 0.4) is 0 Å². The van der Waals surface area contributed by atoms with Crippen LogP contribution in [0.15, 0.2) is 47.7 Å². The first-order valence-electron chi connectivity index (χ1n) is 7.83. The number of hydrogen-bond acceptors (Lipinski definition) is 3. The molecule has 1 aromatic carbocycles. The molecule has 1 amide bonds. The van der Waals surface area contributed by atoms with Crippen LogP contribution < -0.4 is 5.01 Å². The fourth-order valence-corrected chi connectivity index (χ4v) is 3.44. The third kappa shape index (κ3) is 2.63. The highest BCUT2D eigenvalue weighted by molar-refractivity contribution is 6.30. The molecule has 1 aliphatic heterocycles. The maximum Gasteiger partial charge on any atom is 0.248 e. The number of aryl methyl sites for hydroxylation is 1. The van der Waals surface area contributed by atoms with Crippen molar-refractivity contribution in [1.29, 1.82) is 0 Å². The van der Waals surface area contributed by atoms with Gasteiger partial charge in [-0.3, -0.25) is 9.78 Å². The molecule has 0 bridgehead atoms. The number of amides is 1. The number of aromatic nitrogens is 1. The van der Waals surface area contributed by atoms with Crippen molar-refractivity contribution >= 4 is 28.9 Å². The highest BCUT2D eigenvalue weighted by atomic mass is 35.5. The van der Waals surface area contributed by atoms with Crippen LogP contribution in [0, 0.1) is 5.92 Å². The highest BCUT2D eigenvalue weighted by Crippen LogP contribution is 2.32. The topological polar surface area (TPSA) is 45.6 Å². The van der Waals surface area contributed by atoms with Gasteiger partial charge in [0.15, 0.2) is 0 Å². The Morgan fingerprint density at radius 1 is 1.17 bits per heavy atom. The van der Waals surface area contributed by atoms with E-state index in [0.717, 1.165) is 36.4 Å². The summed E-state index contributed by atoms with van der Waals surface area (Å²) in [5.74, 6) is 0.197. The minimum atomic E-state index is 0.0282. The van der Waals surface area contributed by atoms with E-state index in [1.165, 1.54) is 10.6 Å². The van der Waals surface area contributed by atoms with Crippen molar-refractivity contribution in [3.63, 3.8) is 0 Å². The molecule has 23 heavy (non-hydrogen) atoms. The van der Waals surface area contributed by atoms with Gasteiger partial charge in [0.25, 0.3) is 0 Å². The van der Waals surface area contributed by atoms with Crippen molar-refractivity contribution in [2.45, 2.75) is 25.7 Å². The largest absolute Gasteiger partial charge is 0.273 e. The first kappa shape index (κ1) is 14.4. The average molecular weight is 326 g/mol. The second-order valence-electron chi connectivity index (χ2n) is 5.97. The van der Waals surface area contributed by atoms with Crippen LogP contribution in [0.5, 0.6) is 0 Å². The molecule has 0 saturated heterocycles. The molecule has 0 spiro atoms. The molecule has 0 saturated carbocycles. The zero-order valence-electron chi connectivity index (χ0n) is 12.6. The van der Waals surface area contributed by atoms with Crippen molar-refractivity contribution in [3.05, 3.63) is 58.9 Å². The van der Waals surface area contributed by atoms with Gasteiger partial charge < -0.3 is 0 Å². The molecule has 1 aliphatic carbocycles. The van der Waals surface area contributed by atoms with E-state index in [2.05, 4.69) is 16.2 Å². The van der Waals surface area contributed by atoms with Crippen molar-refractivity contribution in [2.75, 3.05) is 5.01 Å². The van der Waals surface area contributed by atoms with Gasteiger partial charge in [-0.25, -0.2) is 5.01 Å². The van der Waals surface area contributed by atoms with Crippen molar-refractivity contribution < 1.29 is 4.79 Å². The minimum Gasteiger partial charge on any atom is -0.273 e. The van der Waals surface area contributed by atoms with Gasteiger partial charge in [-0.05, 0) is 55.2 Å². The molecule has 1 aromatic heterocycles. The Kier molecular flexibility index (Phi) is 3.62. The number of hydrazone groups is 1. The van der Waals surface area contributed by atoms with E-state index in [4.69, 9.17) is 11.6 Å². The molecule has 2 aliphatic rings. The molecule has 2 heterocycles. The van der Waals surface area contributed by atoms with Crippen LogP contribution in [0.25, 0.3) is 0 Å². The van der Waals surface area contributed by atoms with Gasteiger partial charge in [0.1, 0.15) is 0 Å². The predicted molar refractivity (Wildman–Crippen MR) is 90.8 cm³/mol. The number of carbonyl (C=O) groups is 1. The fourth-order valence-electron chi connectivity index (χ4n) is 3.31. The number of anilines is 1. The van der Waals surface area contributed by atoms with Crippen molar-refractivity contribution in [2.24, 2.45) is 11.0 Å². The third-order valence-electron chi connectivity index (χ3n) is 4.46. The van der Waals surface area contributed by atoms with Crippen molar-refractivity contribution in [1.82, 2.24) is 4.98 Å². The Labute approximate surface area is 139 Å². The molecule has 1 unspecified atom stereocenters.